The monoisotopic (exact) mass is 871 g/mol. The van der Waals surface area contributed by atoms with Crippen LogP contribution in [-0.2, 0) is 18.4 Å². The largest absolute Gasteiger partial charge is 0.472 e. The molecule has 0 saturated carbocycles. The number of nitrogens with one attached hydrogen (secondary N) is 1. The molecule has 1 unspecified atom stereocenters. The first kappa shape index (κ1) is 59.2. The number of unbranched alkanes of at least 4 members (excludes halogenated alkanes) is 38. The molecular formula is C51H103N2O6P. The number of carbonyl (C=O) groups is 1. The summed E-state index contributed by atoms with van der Waals surface area (Å²) in [4.78, 5) is 22.8. The summed E-state index contributed by atoms with van der Waals surface area (Å²) in [6, 6.07) is -0.855. The summed E-state index contributed by atoms with van der Waals surface area (Å²) in [5.74, 6) is -0.189. The highest BCUT2D eigenvalue weighted by atomic mass is 31.2. The molecule has 0 aromatic carbocycles. The second kappa shape index (κ2) is 47.7. The molecule has 0 spiro atoms. The maximum Gasteiger partial charge on any atom is 0.472 e. The second-order valence-corrected chi connectivity index (χ2v) is 19.6. The number of aliphatic hydroxyl groups excluding tert-OH is 1. The molecule has 0 heterocycles. The van der Waals surface area contributed by atoms with E-state index in [4.69, 9.17) is 14.8 Å². The van der Waals surface area contributed by atoms with E-state index in [9.17, 15) is 19.4 Å². The first-order valence-corrected chi connectivity index (χ1v) is 27.8. The Labute approximate surface area is 373 Å². The Morgan fingerprint density at radius 3 is 1.18 bits per heavy atom. The zero-order valence-corrected chi connectivity index (χ0v) is 40.9. The number of rotatable bonds is 50. The van der Waals surface area contributed by atoms with Gasteiger partial charge >= 0.3 is 7.82 Å². The van der Waals surface area contributed by atoms with Crippen LogP contribution < -0.4 is 11.1 Å². The highest BCUT2D eigenvalue weighted by Crippen LogP contribution is 2.43. The molecule has 0 aromatic rings. The smallest absolute Gasteiger partial charge is 0.387 e. The summed E-state index contributed by atoms with van der Waals surface area (Å²) in [6.45, 7) is 4.16. The fraction of sp³-hybridized carbons (Fsp3) is 0.941. The van der Waals surface area contributed by atoms with Gasteiger partial charge in [-0.05, 0) is 19.3 Å². The van der Waals surface area contributed by atoms with Gasteiger partial charge in [0.1, 0.15) is 0 Å². The van der Waals surface area contributed by atoms with Gasteiger partial charge in [-0.3, -0.25) is 13.8 Å². The third kappa shape index (κ3) is 45.3. The Morgan fingerprint density at radius 2 is 0.850 bits per heavy atom. The fourth-order valence-electron chi connectivity index (χ4n) is 8.14. The highest BCUT2D eigenvalue weighted by molar-refractivity contribution is 7.47. The molecule has 5 N–H and O–H groups in total. The van der Waals surface area contributed by atoms with E-state index in [1.54, 1.807) is 6.08 Å². The number of nitrogens with two attached hydrogens (primary N) is 1. The summed E-state index contributed by atoms with van der Waals surface area (Å²) < 4.78 is 22.2. The molecule has 9 heteroatoms. The lowest BCUT2D eigenvalue weighted by Crippen LogP contribution is -2.45. The molecular weight excluding hydrogens is 768 g/mol. The predicted molar refractivity (Wildman–Crippen MR) is 259 cm³/mol. The van der Waals surface area contributed by atoms with E-state index in [0.29, 0.717) is 6.42 Å². The average Bonchev–Trinajstić information content (AvgIpc) is 3.24. The molecule has 0 aliphatic carbocycles. The van der Waals surface area contributed by atoms with Gasteiger partial charge in [-0.15, -0.1) is 0 Å². The van der Waals surface area contributed by atoms with Gasteiger partial charge in [0.25, 0.3) is 0 Å². The van der Waals surface area contributed by atoms with Crippen molar-refractivity contribution in [2.24, 2.45) is 5.73 Å². The van der Waals surface area contributed by atoms with Crippen molar-refractivity contribution < 1.29 is 28.4 Å². The van der Waals surface area contributed by atoms with Crippen LogP contribution in [0.25, 0.3) is 0 Å². The Hall–Kier alpha value is -0.760. The molecule has 0 aromatic heterocycles. The third-order valence-electron chi connectivity index (χ3n) is 12.1. The molecule has 0 aliphatic rings. The van der Waals surface area contributed by atoms with Gasteiger partial charge in [-0.2, -0.15) is 0 Å². The molecule has 358 valence electrons. The molecule has 0 fully saturated rings. The molecule has 8 nitrogen and oxygen atoms in total. The first-order chi connectivity index (χ1) is 29.4. The number of hydrogen-bond acceptors (Lipinski definition) is 6. The van der Waals surface area contributed by atoms with Crippen molar-refractivity contribution in [3.05, 3.63) is 12.2 Å². The second-order valence-electron chi connectivity index (χ2n) is 18.1. The van der Waals surface area contributed by atoms with Crippen LogP contribution in [0.5, 0.6) is 0 Å². The quantitative estimate of drug-likeness (QED) is 0.0272. The van der Waals surface area contributed by atoms with Crippen molar-refractivity contribution in [3.8, 4) is 0 Å². The maximum atomic E-state index is 12.8. The number of allylic oxidation sites excluding steroid dienone is 1. The van der Waals surface area contributed by atoms with Crippen molar-refractivity contribution in [1.82, 2.24) is 5.32 Å². The van der Waals surface area contributed by atoms with E-state index >= 15 is 0 Å². The van der Waals surface area contributed by atoms with Crippen LogP contribution in [0.3, 0.4) is 0 Å². The van der Waals surface area contributed by atoms with Crippen LogP contribution in [0.1, 0.15) is 277 Å². The summed E-state index contributed by atoms with van der Waals surface area (Å²) in [5.41, 5.74) is 5.38. The number of amides is 1. The Morgan fingerprint density at radius 1 is 0.533 bits per heavy atom. The zero-order valence-electron chi connectivity index (χ0n) is 40.0. The maximum absolute atomic E-state index is 12.8. The van der Waals surface area contributed by atoms with Gasteiger partial charge in [-0.1, -0.05) is 264 Å². The minimum Gasteiger partial charge on any atom is -0.387 e. The third-order valence-corrected chi connectivity index (χ3v) is 13.1. The van der Waals surface area contributed by atoms with Gasteiger partial charge in [0, 0.05) is 13.0 Å². The molecule has 0 bridgehead atoms. The summed E-state index contributed by atoms with van der Waals surface area (Å²) in [5, 5.41) is 13.7. The highest BCUT2D eigenvalue weighted by Gasteiger charge is 2.26. The lowest BCUT2D eigenvalue weighted by atomic mass is 10.0. The van der Waals surface area contributed by atoms with Crippen molar-refractivity contribution in [3.63, 3.8) is 0 Å². The Kier molecular flexibility index (Phi) is 47.1. The fourth-order valence-corrected chi connectivity index (χ4v) is 8.90. The molecule has 0 radical (unpaired) electrons. The Balaban J connectivity index is 3.87. The molecule has 3 atom stereocenters. The lowest BCUT2D eigenvalue weighted by molar-refractivity contribution is -0.123. The van der Waals surface area contributed by atoms with Crippen LogP contribution in [0.4, 0.5) is 0 Å². The topological polar surface area (TPSA) is 131 Å². The zero-order chi connectivity index (χ0) is 43.9. The molecule has 0 aliphatic heterocycles. The van der Waals surface area contributed by atoms with Gasteiger partial charge in [-0.25, -0.2) is 4.57 Å². The lowest BCUT2D eigenvalue weighted by Gasteiger charge is -2.23. The van der Waals surface area contributed by atoms with E-state index in [2.05, 4.69) is 19.2 Å². The molecule has 60 heavy (non-hydrogen) atoms. The van der Waals surface area contributed by atoms with Crippen LogP contribution >= 0.6 is 7.82 Å². The van der Waals surface area contributed by atoms with E-state index in [1.165, 1.54) is 218 Å². The van der Waals surface area contributed by atoms with Crippen LogP contribution in [0.2, 0.25) is 0 Å². The van der Waals surface area contributed by atoms with Crippen LogP contribution in [0.15, 0.2) is 12.2 Å². The van der Waals surface area contributed by atoms with Gasteiger partial charge < -0.3 is 21.1 Å². The number of aliphatic hydroxyl groups is 1. The number of carbonyl (C=O) groups excluding carboxylic acids is 1. The van der Waals surface area contributed by atoms with Crippen molar-refractivity contribution in [2.75, 3.05) is 19.8 Å². The SMILES string of the molecule is CCCCCCCCCCCC/C=C/[C@@H](O)[C@H](COP(=O)(O)OCCN)NC(=O)CCCCCCCCCCCCCCCCCCCCCCCCCCCCCCC. The van der Waals surface area contributed by atoms with Gasteiger partial charge in [0.15, 0.2) is 0 Å². The summed E-state index contributed by atoms with van der Waals surface area (Å²) in [7, 11) is -4.34. The van der Waals surface area contributed by atoms with Crippen LogP contribution in [-0.4, -0.2) is 47.8 Å². The molecule has 0 saturated heterocycles. The Bertz CT molecular complexity index is 953. The van der Waals surface area contributed by atoms with E-state index in [1.807, 2.05) is 6.08 Å². The van der Waals surface area contributed by atoms with Gasteiger partial charge in [0.05, 0.1) is 25.4 Å². The molecule has 0 rings (SSSR count). The van der Waals surface area contributed by atoms with Gasteiger partial charge in [0.2, 0.25) is 5.91 Å². The van der Waals surface area contributed by atoms with E-state index < -0.39 is 20.0 Å². The average molecular weight is 871 g/mol. The standard InChI is InChI=1S/C51H103N2O6P/c1-3-5-7-9-11-13-15-17-18-19-20-21-22-23-24-25-26-27-28-29-30-31-32-33-35-37-39-41-43-45-51(55)53-49(48-59-60(56,57)58-47-46-52)50(54)44-42-40-38-36-34-16-14-12-10-8-6-4-2/h42,44,49-50,54H,3-41,43,45-48,52H2,1-2H3,(H,53,55)(H,56,57)/b44-42+/t49-,50+/m0/s1. The van der Waals surface area contributed by atoms with E-state index in [-0.39, 0.29) is 25.7 Å². The minimum atomic E-state index is -4.34. The minimum absolute atomic E-state index is 0.0814. The van der Waals surface area contributed by atoms with E-state index in [0.717, 1.165) is 38.5 Å². The number of hydrogen-bond donors (Lipinski definition) is 4. The number of phosphoric acid groups is 1. The van der Waals surface area contributed by atoms with Crippen LogP contribution in [0, 0.1) is 0 Å². The normalized spacial score (nSPS) is 13.9. The summed E-state index contributed by atoms with van der Waals surface area (Å²) in [6.07, 6.45) is 55.8. The first-order valence-electron chi connectivity index (χ1n) is 26.3. The van der Waals surface area contributed by atoms with Crippen molar-refractivity contribution >= 4 is 13.7 Å². The van der Waals surface area contributed by atoms with Crippen molar-refractivity contribution in [1.29, 1.82) is 0 Å². The summed E-state index contributed by atoms with van der Waals surface area (Å²) >= 11 is 0. The molecule has 1 amide bonds. The van der Waals surface area contributed by atoms with Crippen molar-refractivity contribution in [2.45, 2.75) is 289 Å². The number of phosphoric ester groups is 1. The predicted octanol–water partition coefficient (Wildman–Crippen LogP) is 15.5.